The molecule has 0 radical (unpaired) electrons. The van der Waals surface area contributed by atoms with Crippen LogP contribution in [-0.4, -0.2) is 4.98 Å². The summed E-state index contributed by atoms with van der Waals surface area (Å²) in [6, 6.07) is 7.85. The maximum Gasteiger partial charge on any atom is 0.123 e. The van der Waals surface area contributed by atoms with Crippen molar-refractivity contribution in [1.82, 2.24) is 4.98 Å². The number of halogens is 1. The van der Waals surface area contributed by atoms with Crippen molar-refractivity contribution in [3.8, 4) is 10.6 Å². The van der Waals surface area contributed by atoms with Crippen molar-refractivity contribution in [3.63, 3.8) is 0 Å². The average Bonchev–Trinajstić information content (AvgIpc) is 2.77. The molecule has 0 aliphatic heterocycles. The van der Waals surface area contributed by atoms with Gasteiger partial charge in [-0.25, -0.2) is 4.98 Å². The van der Waals surface area contributed by atoms with Crippen molar-refractivity contribution < 1.29 is 0 Å². The maximum absolute atomic E-state index is 5.97. The largest absolute Gasteiger partial charge is 0.241 e. The molecule has 1 heterocycles. The zero-order chi connectivity index (χ0) is 11.5. The van der Waals surface area contributed by atoms with Gasteiger partial charge in [0.15, 0.2) is 0 Å². The number of nitrogens with zero attached hydrogens (tertiary/aromatic N) is 1. The Morgan fingerprint density at radius 3 is 2.94 bits per heavy atom. The minimum absolute atomic E-state index is 0.532. The van der Waals surface area contributed by atoms with Crippen LogP contribution >= 0.6 is 22.9 Å². The Morgan fingerprint density at radius 2 is 2.25 bits per heavy atom. The van der Waals surface area contributed by atoms with Crippen molar-refractivity contribution in [1.29, 1.82) is 0 Å². The van der Waals surface area contributed by atoms with E-state index in [9.17, 15) is 0 Å². The van der Waals surface area contributed by atoms with E-state index in [1.165, 1.54) is 5.69 Å². The summed E-state index contributed by atoms with van der Waals surface area (Å²) in [4.78, 5) is 4.65. The summed E-state index contributed by atoms with van der Waals surface area (Å²) in [7, 11) is 0. The van der Waals surface area contributed by atoms with Crippen molar-refractivity contribution in [2.75, 3.05) is 0 Å². The lowest BCUT2D eigenvalue weighted by atomic mass is 10.1. The number of hydrogen-bond acceptors (Lipinski definition) is 2. The van der Waals surface area contributed by atoms with E-state index < -0.39 is 0 Å². The Morgan fingerprint density at radius 1 is 1.44 bits per heavy atom. The Labute approximate surface area is 105 Å². The summed E-state index contributed by atoms with van der Waals surface area (Å²) in [6.45, 7) is 4.39. The van der Waals surface area contributed by atoms with Crippen LogP contribution in [0.15, 0.2) is 29.6 Å². The predicted octanol–water partition coefficient (Wildman–Crippen LogP) is 4.98. The highest BCUT2D eigenvalue weighted by Crippen LogP contribution is 2.29. The quantitative estimate of drug-likeness (QED) is 0.750. The molecule has 1 aromatic heterocycles. The molecule has 0 amide bonds. The predicted molar refractivity (Wildman–Crippen MR) is 71.3 cm³/mol. The third-order valence-electron chi connectivity index (χ3n) is 2.71. The van der Waals surface area contributed by atoms with Crippen molar-refractivity contribution in [2.45, 2.75) is 26.2 Å². The molecule has 1 unspecified atom stereocenters. The lowest BCUT2D eigenvalue weighted by Crippen LogP contribution is -1.90. The molecule has 16 heavy (non-hydrogen) atoms. The summed E-state index contributed by atoms with van der Waals surface area (Å²) in [6.07, 6.45) is 1.12. The van der Waals surface area contributed by atoms with Crippen molar-refractivity contribution in [3.05, 3.63) is 40.4 Å². The molecule has 1 nitrogen and oxygen atoms in total. The molecule has 0 aliphatic carbocycles. The number of rotatable bonds is 3. The highest BCUT2D eigenvalue weighted by molar-refractivity contribution is 7.13. The first kappa shape index (κ1) is 11.6. The smallest absolute Gasteiger partial charge is 0.123 e. The van der Waals surface area contributed by atoms with Gasteiger partial charge in [0.1, 0.15) is 5.01 Å². The SMILES string of the molecule is CCC(C)c1csc(-c2cccc(Cl)c2)n1. The summed E-state index contributed by atoms with van der Waals surface area (Å²) < 4.78 is 0. The van der Waals surface area contributed by atoms with Crippen molar-refractivity contribution in [2.24, 2.45) is 0 Å². The van der Waals surface area contributed by atoms with Crippen LogP contribution in [0.1, 0.15) is 31.9 Å². The Hall–Kier alpha value is -0.860. The van der Waals surface area contributed by atoms with E-state index in [4.69, 9.17) is 11.6 Å². The minimum Gasteiger partial charge on any atom is -0.241 e. The van der Waals surface area contributed by atoms with Crippen LogP contribution in [0.3, 0.4) is 0 Å². The Balaban J connectivity index is 2.31. The summed E-state index contributed by atoms with van der Waals surface area (Å²) in [5.74, 6) is 0.532. The third kappa shape index (κ3) is 2.45. The van der Waals surface area contributed by atoms with E-state index in [0.29, 0.717) is 5.92 Å². The molecular formula is C13H14ClNS. The summed E-state index contributed by atoms with van der Waals surface area (Å²) in [5.41, 5.74) is 2.29. The highest BCUT2D eigenvalue weighted by atomic mass is 35.5. The van der Waals surface area contributed by atoms with Gasteiger partial charge in [-0.2, -0.15) is 0 Å². The number of aromatic nitrogens is 1. The second-order valence-corrected chi connectivity index (χ2v) is 5.19. The van der Waals surface area contributed by atoms with Gasteiger partial charge in [0.2, 0.25) is 0 Å². The van der Waals surface area contributed by atoms with Crippen LogP contribution in [0.4, 0.5) is 0 Å². The monoisotopic (exact) mass is 251 g/mol. The summed E-state index contributed by atoms with van der Waals surface area (Å²) >= 11 is 7.65. The normalized spacial score (nSPS) is 12.7. The lowest BCUT2D eigenvalue weighted by molar-refractivity contribution is 0.714. The zero-order valence-electron chi connectivity index (χ0n) is 9.40. The molecule has 0 aliphatic rings. The van der Waals surface area contributed by atoms with Gasteiger partial charge in [0.25, 0.3) is 0 Å². The molecule has 2 aromatic rings. The number of benzene rings is 1. The van der Waals surface area contributed by atoms with Gasteiger partial charge in [0.05, 0.1) is 5.69 Å². The average molecular weight is 252 g/mol. The molecule has 0 N–H and O–H groups in total. The minimum atomic E-state index is 0.532. The van der Waals surface area contributed by atoms with Gasteiger partial charge in [-0.3, -0.25) is 0 Å². The van der Waals surface area contributed by atoms with E-state index in [2.05, 4.69) is 24.2 Å². The fraction of sp³-hybridized carbons (Fsp3) is 0.308. The standard InChI is InChI=1S/C13H14ClNS/c1-3-9(2)12-8-16-13(15-12)10-5-4-6-11(14)7-10/h4-9H,3H2,1-2H3. The van der Waals surface area contributed by atoms with Gasteiger partial charge in [-0.05, 0) is 24.5 Å². The first-order valence-electron chi connectivity index (χ1n) is 5.42. The fourth-order valence-electron chi connectivity index (χ4n) is 1.48. The molecule has 3 heteroatoms. The first-order valence-corrected chi connectivity index (χ1v) is 6.68. The second-order valence-electron chi connectivity index (χ2n) is 3.90. The molecule has 0 fully saturated rings. The number of thiazole rings is 1. The van der Waals surface area contributed by atoms with Crippen LogP contribution < -0.4 is 0 Å². The van der Waals surface area contributed by atoms with Crippen LogP contribution in [0.5, 0.6) is 0 Å². The number of hydrogen-bond donors (Lipinski definition) is 0. The first-order chi connectivity index (χ1) is 7.70. The topological polar surface area (TPSA) is 12.9 Å². The molecule has 0 bridgehead atoms. The fourth-order valence-corrected chi connectivity index (χ4v) is 2.60. The molecule has 0 saturated carbocycles. The van der Waals surface area contributed by atoms with Crippen LogP contribution in [-0.2, 0) is 0 Å². The van der Waals surface area contributed by atoms with E-state index in [0.717, 1.165) is 22.0 Å². The highest BCUT2D eigenvalue weighted by Gasteiger charge is 2.09. The zero-order valence-corrected chi connectivity index (χ0v) is 11.0. The van der Waals surface area contributed by atoms with Crippen LogP contribution in [0.2, 0.25) is 5.02 Å². The van der Waals surface area contributed by atoms with E-state index in [1.54, 1.807) is 11.3 Å². The van der Waals surface area contributed by atoms with Gasteiger partial charge in [0, 0.05) is 16.0 Å². The summed E-state index contributed by atoms with van der Waals surface area (Å²) in [5, 5.41) is 3.96. The van der Waals surface area contributed by atoms with Gasteiger partial charge >= 0.3 is 0 Å². The van der Waals surface area contributed by atoms with Gasteiger partial charge < -0.3 is 0 Å². The second kappa shape index (κ2) is 4.98. The molecule has 2 rings (SSSR count). The molecule has 0 saturated heterocycles. The molecule has 1 aromatic carbocycles. The van der Waals surface area contributed by atoms with Gasteiger partial charge in [-0.1, -0.05) is 37.6 Å². The molecule has 0 spiro atoms. The Kier molecular flexibility index (Phi) is 3.62. The van der Waals surface area contributed by atoms with Gasteiger partial charge in [-0.15, -0.1) is 11.3 Å². The van der Waals surface area contributed by atoms with E-state index in [1.807, 2.05) is 24.3 Å². The van der Waals surface area contributed by atoms with E-state index in [-0.39, 0.29) is 0 Å². The van der Waals surface area contributed by atoms with Crippen LogP contribution in [0.25, 0.3) is 10.6 Å². The third-order valence-corrected chi connectivity index (χ3v) is 3.86. The lowest BCUT2D eigenvalue weighted by Gasteiger charge is -2.02. The Bertz CT molecular complexity index is 478. The maximum atomic E-state index is 5.97. The van der Waals surface area contributed by atoms with Crippen molar-refractivity contribution >= 4 is 22.9 Å². The molecule has 1 atom stereocenters. The molecular weight excluding hydrogens is 238 g/mol. The van der Waals surface area contributed by atoms with E-state index >= 15 is 0 Å². The molecule has 84 valence electrons. The van der Waals surface area contributed by atoms with Crippen LogP contribution in [0, 0.1) is 0 Å².